The number of carbonyl (C=O) groups excluding carboxylic acids is 1. The molecular weight excluding hydrogens is 266 g/mol. The number of carbonyl (C=O) groups is 1. The Morgan fingerprint density at radius 1 is 1.11 bits per heavy atom. The van der Waals surface area contributed by atoms with Crippen LogP contribution in [0.2, 0.25) is 5.02 Å². The van der Waals surface area contributed by atoms with E-state index < -0.39 is 5.25 Å². The molecule has 2 aromatic rings. The molecule has 2 N–H and O–H groups in total. The van der Waals surface area contributed by atoms with Crippen LogP contribution in [0.1, 0.15) is 10.8 Å². The monoisotopic (exact) mass is 277 g/mol. The van der Waals surface area contributed by atoms with Gasteiger partial charge in [-0.3, -0.25) is 4.79 Å². The van der Waals surface area contributed by atoms with Crippen LogP contribution < -0.4 is 5.73 Å². The highest BCUT2D eigenvalue weighted by molar-refractivity contribution is 8.00. The van der Waals surface area contributed by atoms with Crippen molar-refractivity contribution in [3.05, 3.63) is 65.2 Å². The first-order valence-corrected chi connectivity index (χ1v) is 6.69. The number of nitrogens with two attached hydrogens (primary N) is 1. The Morgan fingerprint density at radius 2 is 1.83 bits per heavy atom. The molecule has 4 heteroatoms. The highest BCUT2D eigenvalue weighted by Crippen LogP contribution is 2.35. The summed E-state index contributed by atoms with van der Waals surface area (Å²) in [6, 6.07) is 16.9. The van der Waals surface area contributed by atoms with Crippen LogP contribution in [0.3, 0.4) is 0 Å². The summed E-state index contributed by atoms with van der Waals surface area (Å²) in [5.41, 5.74) is 6.36. The van der Waals surface area contributed by atoms with Crippen molar-refractivity contribution in [3.63, 3.8) is 0 Å². The van der Waals surface area contributed by atoms with E-state index in [0.29, 0.717) is 5.02 Å². The Balaban J connectivity index is 2.25. The molecule has 0 saturated heterocycles. The molecule has 0 spiro atoms. The molecule has 0 aliphatic heterocycles. The molecule has 0 aromatic heterocycles. The van der Waals surface area contributed by atoms with E-state index in [1.165, 1.54) is 11.8 Å². The first kappa shape index (κ1) is 13.0. The standard InChI is InChI=1S/C14H12ClNOS/c15-11-7-4-8-12(9-11)18-13(14(16)17)10-5-2-1-3-6-10/h1-9,13H,(H2,16,17). The molecule has 0 fully saturated rings. The van der Waals surface area contributed by atoms with Gasteiger partial charge in [-0.05, 0) is 23.8 Å². The van der Waals surface area contributed by atoms with Crippen LogP contribution in [0, 0.1) is 0 Å². The van der Waals surface area contributed by atoms with Crippen molar-refractivity contribution in [2.24, 2.45) is 5.73 Å². The van der Waals surface area contributed by atoms with Crippen molar-refractivity contribution in [2.75, 3.05) is 0 Å². The van der Waals surface area contributed by atoms with Gasteiger partial charge in [-0.1, -0.05) is 48.0 Å². The lowest BCUT2D eigenvalue weighted by molar-refractivity contribution is -0.117. The molecule has 2 aromatic carbocycles. The van der Waals surface area contributed by atoms with Crippen molar-refractivity contribution in [1.82, 2.24) is 0 Å². The highest BCUT2D eigenvalue weighted by atomic mass is 35.5. The molecule has 92 valence electrons. The lowest BCUT2D eigenvalue weighted by Crippen LogP contribution is -2.18. The second kappa shape index (κ2) is 5.94. The molecule has 2 nitrogen and oxygen atoms in total. The Hall–Kier alpha value is -1.45. The van der Waals surface area contributed by atoms with E-state index in [1.807, 2.05) is 48.5 Å². The molecule has 0 bridgehead atoms. The van der Waals surface area contributed by atoms with Crippen LogP contribution >= 0.6 is 23.4 Å². The zero-order chi connectivity index (χ0) is 13.0. The molecular formula is C14H12ClNOS. The van der Waals surface area contributed by atoms with Crippen LogP contribution in [0.4, 0.5) is 0 Å². The van der Waals surface area contributed by atoms with Crippen LogP contribution in [-0.4, -0.2) is 5.91 Å². The minimum Gasteiger partial charge on any atom is -0.368 e. The number of primary amides is 1. The SMILES string of the molecule is NC(=O)C(Sc1cccc(Cl)c1)c1ccccc1. The molecule has 1 amide bonds. The Labute approximate surface area is 115 Å². The smallest absolute Gasteiger partial charge is 0.235 e. The highest BCUT2D eigenvalue weighted by Gasteiger charge is 2.18. The number of hydrogen-bond acceptors (Lipinski definition) is 2. The molecule has 2 rings (SSSR count). The first-order chi connectivity index (χ1) is 8.66. The fourth-order valence-corrected chi connectivity index (χ4v) is 2.88. The zero-order valence-electron chi connectivity index (χ0n) is 9.55. The van der Waals surface area contributed by atoms with Crippen LogP contribution in [0.25, 0.3) is 0 Å². The van der Waals surface area contributed by atoms with Crippen LogP contribution in [-0.2, 0) is 4.79 Å². The van der Waals surface area contributed by atoms with E-state index in [4.69, 9.17) is 17.3 Å². The number of rotatable bonds is 4. The van der Waals surface area contributed by atoms with E-state index in [0.717, 1.165) is 10.5 Å². The summed E-state index contributed by atoms with van der Waals surface area (Å²) < 4.78 is 0. The molecule has 1 atom stereocenters. The zero-order valence-corrected chi connectivity index (χ0v) is 11.1. The molecule has 0 heterocycles. The summed E-state index contributed by atoms with van der Waals surface area (Å²) >= 11 is 7.33. The van der Waals surface area contributed by atoms with Gasteiger partial charge in [0.25, 0.3) is 0 Å². The van der Waals surface area contributed by atoms with E-state index in [9.17, 15) is 4.79 Å². The largest absolute Gasteiger partial charge is 0.368 e. The Bertz CT molecular complexity index is 545. The minimum atomic E-state index is -0.398. The summed E-state index contributed by atoms with van der Waals surface area (Å²) in [5.74, 6) is -0.355. The second-order valence-electron chi connectivity index (χ2n) is 3.77. The van der Waals surface area contributed by atoms with Crippen LogP contribution in [0.5, 0.6) is 0 Å². The van der Waals surface area contributed by atoms with Gasteiger partial charge >= 0.3 is 0 Å². The quantitative estimate of drug-likeness (QED) is 0.867. The van der Waals surface area contributed by atoms with Crippen molar-refractivity contribution in [3.8, 4) is 0 Å². The predicted molar refractivity (Wildman–Crippen MR) is 75.7 cm³/mol. The van der Waals surface area contributed by atoms with Gasteiger partial charge in [0.1, 0.15) is 5.25 Å². The van der Waals surface area contributed by atoms with Gasteiger partial charge in [0.15, 0.2) is 0 Å². The third-order valence-corrected chi connectivity index (χ3v) is 3.91. The second-order valence-corrected chi connectivity index (χ2v) is 5.38. The predicted octanol–water partition coefficient (Wildman–Crippen LogP) is 3.66. The van der Waals surface area contributed by atoms with Crippen molar-refractivity contribution < 1.29 is 4.79 Å². The van der Waals surface area contributed by atoms with Gasteiger partial charge in [-0.15, -0.1) is 11.8 Å². The van der Waals surface area contributed by atoms with Crippen molar-refractivity contribution >= 4 is 29.3 Å². The molecule has 0 aliphatic rings. The van der Waals surface area contributed by atoms with E-state index >= 15 is 0 Å². The van der Waals surface area contributed by atoms with E-state index in [1.54, 1.807) is 6.07 Å². The summed E-state index contributed by atoms with van der Waals surface area (Å²) in [5, 5.41) is 0.251. The lowest BCUT2D eigenvalue weighted by atomic mass is 10.1. The van der Waals surface area contributed by atoms with Gasteiger partial charge in [0, 0.05) is 9.92 Å². The number of thioether (sulfide) groups is 1. The Morgan fingerprint density at radius 3 is 2.44 bits per heavy atom. The number of halogens is 1. The third-order valence-electron chi connectivity index (χ3n) is 2.41. The normalized spacial score (nSPS) is 12.1. The maximum Gasteiger partial charge on any atom is 0.235 e. The van der Waals surface area contributed by atoms with Gasteiger partial charge in [-0.2, -0.15) is 0 Å². The molecule has 0 radical (unpaired) electrons. The maximum atomic E-state index is 11.6. The van der Waals surface area contributed by atoms with E-state index in [2.05, 4.69) is 0 Å². The molecule has 0 aliphatic carbocycles. The molecule has 0 saturated carbocycles. The summed E-state index contributed by atoms with van der Waals surface area (Å²) in [6.45, 7) is 0. The van der Waals surface area contributed by atoms with Gasteiger partial charge in [0.2, 0.25) is 5.91 Å². The van der Waals surface area contributed by atoms with Gasteiger partial charge in [0.05, 0.1) is 0 Å². The summed E-state index contributed by atoms with van der Waals surface area (Å²) in [6.07, 6.45) is 0. The number of amides is 1. The first-order valence-electron chi connectivity index (χ1n) is 5.43. The molecule has 1 unspecified atom stereocenters. The van der Waals surface area contributed by atoms with Crippen LogP contribution in [0.15, 0.2) is 59.5 Å². The average Bonchev–Trinajstić information content (AvgIpc) is 2.37. The Kier molecular flexibility index (Phi) is 4.28. The van der Waals surface area contributed by atoms with Gasteiger partial charge in [-0.25, -0.2) is 0 Å². The van der Waals surface area contributed by atoms with Crippen molar-refractivity contribution in [1.29, 1.82) is 0 Å². The maximum absolute atomic E-state index is 11.6. The summed E-state index contributed by atoms with van der Waals surface area (Å²) in [4.78, 5) is 12.5. The van der Waals surface area contributed by atoms with E-state index in [-0.39, 0.29) is 5.91 Å². The minimum absolute atomic E-state index is 0.355. The fraction of sp³-hybridized carbons (Fsp3) is 0.0714. The number of hydrogen-bond donors (Lipinski definition) is 1. The fourth-order valence-electron chi connectivity index (χ4n) is 1.59. The topological polar surface area (TPSA) is 43.1 Å². The summed E-state index contributed by atoms with van der Waals surface area (Å²) in [7, 11) is 0. The number of benzene rings is 2. The van der Waals surface area contributed by atoms with Crippen molar-refractivity contribution in [2.45, 2.75) is 10.1 Å². The molecule has 18 heavy (non-hydrogen) atoms. The average molecular weight is 278 g/mol. The third kappa shape index (κ3) is 3.28. The lowest BCUT2D eigenvalue weighted by Gasteiger charge is -2.13. The van der Waals surface area contributed by atoms with Gasteiger partial charge < -0.3 is 5.73 Å².